The molecule has 0 unspecified atom stereocenters. The van der Waals surface area contributed by atoms with E-state index in [1.54, 1.807) is 12.1 Å². The first-order valence-corrected chi connectivity index (χ1v) is 8.99. The molecule has 7 heteroatoms. The second-order valence-electron chi connectivity index (χ2n) is 6.31. The third-order valence-electron chi connectivity index (χ3n) is 4.84. The highest BCUT2D eigenvalue weighted by Gasteiger charge is 2.31. The number of amides is 1. The van der Waals surface area contributed by atoms with E-state index < -0.39 is 5.82 Å². The molecule has 0 aromatic heterocycles. The van der Waals surface area contributed by atoms with Gasteiger partial charge in [0, 0.05) is 17.6 Å². The van der Waals surface area contributed by atoms with Crippen molar-refractivity contribution in [2.75, 3.05) is 32.8 Å². The van der Waals surface area contributed by atoms with E-state index in [1.165, 1.54) is 6.07 Å². The van der Waals surface area contributed by atoms with Crippen LogP contribution in [0.25, 0.3) is 0 Å². The quantitative estimate of drug-likeness (QED) is 0.811. The Morgan fingerprint density at radius 2 is 1.96 bits per heavy atom. The van der Waals surface area contributed by atoms with E-state index in [0.29, 0.717) is 22.7 Å². The molecule has 1 aromatic carbocycles. The van der Waals surface area contributed by atoms with Crippen molar-refractivity contribution in [1.29, 1.82) is 0 Å². The largest absolute Gasteiger partial charge is 0.490 e. The second kappa shape index (κ2) is 9.02. The van der Waals surface area contributed by atoms with Crippen LogP contribution in [0.3, 0.4) is 0 Å². The fourth-order valence-corrected chi connectivity index (χ4v) is 3.80. The zero-order valence-corrected chi connectivity index (χ0v) is 15.9. The summed E-state index contributed by atoms with van der Waals surface area (Å²) in [5, 5.41) is 3.44. The number of halogens is 3. The van der Waals surface area contributed by atoms with Gasteiger partial charge in [0.05, 0.1) is 13.0 Å². The zero-order valence-electron chi connectivity index (χ0n) is 13.5. The molecule has 1 N–H and O–H groups in total. The van der Waals surface area contributed by atoms with E-state index in [9.17, 15) is 9.18 Å². The van der Waals surface area contributed by atoms with Gasteiger partial charge in [-0.05, 0) is 56.0 Å². The molecule has 2 fully saturated rings. The van der Waals surface area contributed by atoms with Crippen LogP contribution >= 0.6 is 28.3 Å². The minimum absolute atomic E-state index is 0. The number of carbonyl (C=O) groups excluding carboxylic acids is 1. The van der Waals surface area contributed by atoms with Crippen LogP contribution in [0, 0.1) is 17.7 Å². The van der Waals surface area contributed by atoms with Crippen LogP contribution in [-0.2, 0) is 4.79 Å². The van der Waals surface area contributed by atoms with Gasteiger partial charge in [-0.15, -0.1) is 12.4 Å². The smallest absolute Gasteiger partial charge is 0.225 e. The van der Waals surface area contributed by atoms with Gasteiger partial charge in [-0.25, -0.2) is 4.39 Å². The van der Waals surface area contributed by atoms with Crippen molar-refractivity contribution in [3.05, 3.63) is 28.5 Å². The van der Waals surface area contributed by atoms with Crippen molar-refractivity contribution in [3.63, 3.8) is 0 Å². The zero-order chi connectivity index (χ0) is 16.2. The maximum atomic E-state index is 13.7. The molecule has 0 aliphatic carbocycles. The van der Waals surface area contributed by atoms with Crippen molar-refractivity contribution in [2.24, 2.45) is 11.8 Å². The lowest BCUT2D eigenvalue weighted by atomic mass is 9.92. The number of rotatable bonds is 4. The van der Waals surface area contributed by atoms with Crippen molar-refractivity contribution in [3.8, 4) is 5.75 Å². The first-order chi connectivity index (χ1) is 11.1. The monoisotopic (exact) mass is 420 g/mol. The fourth-order valence-electron chi connectivity index (χ4n) is 3.47. The van der Waals surface area contributed by atoms with Gasteiger partial charge in [-0.2, -0.15) is 0 Å². The number of hydrogen-bond acceptors (Lipinski definition) is 3. The van der Waals surface area contributed by atoms with Crippen LogP contribution in [0.1, 0.15) is 19.3 Å². The Labute approximate surface area is 156 Å². The lowest BCUT2D eigenvalue weighted by Crippen LogP contribution is -2.33. The van der Waals surface area contributed by atoms with Gasteiger partial charge in [0.2, 0.25) is 5.91 Å². The van der Waals surface area contributed by atoms with Crippen molar-refractivity contribution >= 4 is 34.2 Å². The maximum Gasteiger partial charge on any atom is 0.225 e. The highest BCUT2D eigenvalue weighted by molar-refractivity contribution is 9.10. The van der Waals surface area contributed by atoms with E-state index >= 15 is 0 Å². The minimum atomic E-state index is -0.415. The topological polar surface area (TPSA) is 41.6 Å². The summed E-state index contributed by atoms with van der Waals surface area (Å²) >= 11 is 3.21. The third-order valence-corrected chi connectivity index (χ3v) is 5.33. The van der Waals surface area contributed by atoms with Crippen molar-refractivity contribution < 1.29 is 13.9 Å². The number of hydrogen-bond donors (Lipinski definition) is 1. The molecule has 2 heterocycles. The number of benzene rings is 1. The second-order valence-corrected chi connectivity index (χ2v) is 7.23. The summed E-state index contributed by atoms with van der Waals surface area (Å²) < 4.78 is 19.7. The Hall–Kier alpha value is -0.850. The first-order valence-electron chi connectivity index (χ1n) is 8.20. The summed E-state index contributed by atoms with van der Waals surface area (Å²) in [6.07, 6.45) is 2.44. The molecule has 3 rings (SSSR count). The van der Waals surface area contributed by atoms with Crippen LogP contribution < -0.4 is 10.1 Å². The van der Waals surface area contributed by atoms with Crippen LogP contribution in [0.4, 0.5) is 4.39 Å². The summed E-state index contributed by atoms with van der Waals surface area (Å²) in [6.45, 7) is 4.03. The summed E-state index contributed by atoms with van der Waals surface area (Å²) in [6, 6.07) is 4.66. The highest BCUT2D eigenvalue weighted by Crippen LogP contribution is 2.27. The Morgan fingerprint density at radius 3 is 2.58 bits per heavy atom. The highest BCUT2D eigenvalue weighted by atomic mass is 79.9. The Kier molecular flexibility index (Phi) is 7.32. The van der Waals surface area contributed by atoms with Gasteiger partial charge in [0.25, 0.3) is 0 Å². The molecule has 0 bridgehead atoms. The van der Waals surface area contributed by atoms with Crippen LogP contribution in [0.15, 0.2) is 22.7 Å². The molecule has 2 atom stereocenters. The number of nitrogens with one attached hydrogen (secondary N) is 1. The van der Waals surface area contributed by atoms with Crippen molar-refractivity contribution in [2.45, 2.75) is 19.3 Å². The lowest BCUT2D eigenvalue weighted by molar-refractivity contribution is -0.131. The lowest BCUT2D eigenvalue weighted by Gasteiger charge is -2.21. The minimum Gasteiger partial charge on any atom is -0.490 e. The van der Waals surface area contributed by atoms with E-state index in [-0.39, 0.29) is 30.7 Å². The molecule has 0 radical (unpaired) electrons. The van der Waals surface area contributed by atoms with Crippen molar-refractivity contribution in [1.82, 2.24) is 10.2 Å². The number of carbonyl (C=O) groups is 1. The molecule has 2 saturated heterocycles. The normalized spacial score (nSPS) is 23.2. The third kappa shape index (κ3) is 4.83. The number of fused-ring (bicyclic) bond motifs is 1. The van der Waals surface area contributed by atoms with E-state index in [0.717, 1.165) is 39.0 Å². The Bertz CT molecular complexity index is 562. The summed E-state index contributed by atoms with van der Waals surface area (Å²) in [5.41, 5.74) is 0. The Morgan fingerprint density at radius 1 is 1.29 bits per heavy atom. The molecule has 1 amide bonds. The molecule has 1 aromatic rings. The van der Waals surface area contributed by atoms with Crippen LogP contribution in [-0.4, -0.2) is 43.6 Å². The standard InChI is InChI=1S/C17H22BrFN2O2.ClH/c18-14-1-2-16(15(19)9-14)23-8-5-17(22)21-6-3-12-10-20-11-13(12)4-7-21;/h1-2,9,12-13,20H,3-8,10-11H2;1H/t12-,13+;. The summed E-state index contributed by atoms with van der Waals surface area (Å²) in [7, 11) is 0. The van der Waals surface area contributed by atoms with Gasteiger partial charge in [-0.1, -0.05) is 15.9 Å². The molecule has 0 spiro atoms. The number of likely N-dealkylation sites (tertiary alicyclic amines) is 1. The SMILES string of the molecule is Cl.O=C(CCOc1ccc(Br)cc1F)N1CC[C@@H]2CNC[C@@H]2CC1. The van der Waals surface area contributed by atoms with Crippen LogP contribution in [0.2, 0.25) is 0 Å². The van der Waals surface area contributed by atoms with Crippen LogP contribution in [0.5, 0.6) is 5.75 Å². The maximum absolute atomic E-state index is 13.7. The van der Waals surface area contributed by atoms with Gasteiger partial charge in [0.1, 0.15) is 0 Å². The summed E-state index contributed by atoms with van der Waals surface area (Å²) in [5.74, 6) is 1.30. The van der Waals surface area contributed by atoms with Gasteiger partial charge in [-0.3, -0.25) is 4.79 Å². The number of ether oxygens (including phenoxy) is 1. The number of nitrogens with zero attached hydrogens (tertiary/aromatic N) is 1. The van der Waals surface area contributed by atoms with Gasteiger partial charge >= 0.3 is 0 Å². The molecular formula is C17H23BrClFN2O2. The first kappa shape index (κ1) is 19.5. The van der Waals surface area contributed by atoms with Gasteiger partial charge < -0.3 is 15.0 Å². The molecule has 134 valence electrons. The Balaban J connectivity index is 0.00000208. The average Bonchev–Trinajstić information content (AvgIpc) is 2.88. The summed E-state index contributed by atoms with van der Waals surface area (Å²) in [4.78, 5) is 14.3. The van der Waals surface area contributed by atoms with E-state index in [4.69, 9.17) is 4.74 Å². The van der Waals surface area contributed by atoms with E-state index in [2.05, 4.69) is 21.2 Å². The molecular weight excluding hydrogens is 399 g/mol. The predicted octanol–water partition coefficient (Wildman–Crippen LogP) is 3.24. The predicted molar refractivity (Wildman–Crippen MR) is 97.1 cm³/mol. The average molecular weight is 422 g/mol. The van der Waals surface area contributed by atoms with Gasteiger partial charge in [0.15, 0.2) is 11.6 Å². The molecule has 24 heavy (non-hydrogen) atoms. The molecule has 2 aliphatic heterocycles. The molecule has 2 aliphatic rings. The molecule has 0 saturated carbocycles. The molecule has 4 nitrogen and oxygen atoms in total. The van der Waals surface area contributed by atoms with E-state index in [1.807, 2.05) is 4.90 Å². The fraction of sp³-hybridized carbons (Fsp3) is 0.588.